The number of rotatable bonds is 9. The predicted octanol–water partition coefficient (Wildman–Crippen LogP) is 0.0197. The molecule has 3 aliphatic rings. The molecule has 2 aliphatic carbocycles. The largest absolute Gasteiger partial charge is 0.390 e. The lowest BCUT2D eigenvalue weighted by atomic mass is 10.0. The van der Waals surface area contributed by atoms with E-state index in [9.17, 15) is 23.1 Å². The number of fused-ring (bicyclic) bond motifs is 1. The zero-order chi connectivity index (χ0) is 26.6. The number of nitrogens with zero attached hydrogens (tertiary/aromatic N) is 4. The lowest BCUT2D eigenvalue weighted by molar-refractivity contribution is 0.0724. The Bertz CT molecular complexity index is 1400. The van der Waals surface area contributed by atoms with Gasteiger partial charge in [0.1, 0.15) is 10.4 Å². The summed E-state index contributed by atoms with van der Waals surface area (Å²) in [6, 6.07) is 8.91. The number of amides is 2. The molecule has 0 spiro atoms. The van der Waals surface area contributed by atoms with Crippen LogP contribution >= 0.6 is 0 Å². The van der Waals surface area contributed by atoms with Crippen molar-refractivity contribution in [3.8, 4) is 6.07 Å². The molecule has 1 atom stereocenters. The van der Waals surface area contributed by atoms with E-state index in [0.717, 1.165) is 5.56 Å². The Morgan fingerprint density at radius 2 is 1.95 bits per heavy atom. The Balaban J connectivity index is 1.31. The number of benzene rings is 1. The molecule has 2 fully saturated rings. The van der Waals surface area contributed by atoms with Crippen molar-refractivity contribution in [2.24, 2.45) is 12.8 Å². The van der Waals surface area contributed by atoms with Crippen molar-refractivity contribution in [3.05, 3.63) is 52.3 Å². The molecule has 2 amide bonds. The van der Waals surface area contributed by atoms with E-state index in [-0.39, 0.29) is 43.5 Å². The Labute approximate surface area is 215 Å². The SMILES string of the molecule is Cn1nc(C(=O)NCc2ccc(C#N)cc2)c2c1C(=O)N(CC1(S(=O)(=O)C3(C(O)CN)CC3)CC1)CC2. The summed E-state index contributed by atoms with van der Waals surface area (Å²) in [4.78, 5) is 27.9. The maximum atomic E-state index is 13.6. The summed E-state index contributed by atoms with van der Waals surface area (Å²) in [5, 5.41) is 26.4. The highest BCUT2D eigenvalue weighted by atomic mass is 32.2. The number of nitrogens with two attached hydrogens (primary N) is 1. The molecule has 0 radical (unpaired) electrons. The molecule has 12 heteroatoms. The number of nitriles is 1. The smallest absolute Gasteiger partial charge is 0.272 e. The molecule has 2 aromatic rings. The third-order valence-electron chi connectivity index (χ3n) is 7.98. The van der Waals surface area contributed by atoms with E-state index in [1.165, 1.54) is 9.58 Å². The number of aromatic nitrogens is 2. The Morgan fingerprint density at radius 1 is 1.27 bits per heavy atom. The number of nitrogens with one attached hydrogen (secondary N) is 1. The van der Waals surface area contributed by atoms with E-state index in [4.69, 9.17) is 11.0 Å². The second kappa shape index (κ2) is 8.93. The molecule has 5 rings (SSSR count). The van der Waals surface area contributed by atoms with Crippen LogP contribution in [0.2, 0.25) is 0 Å². The van der Waals surface area contributed by atoms with Crippen molar-refractivity contribution in [2.75, 3.05) is 19.6 Å². The second-order valence-electron chi connectivity index (χ2n) is 10.3. The average Bonchev–Trinajstić information content (AvgIpc) is 3.82. The number of aliphatic hydroxyl groups excluding tert-OH is 1. The van der Waals surface area contributed by atoms with E-state index in [1.807, 2.05) is 6.07 Å². The van der Waals surface area contributed by atoms with E-state index in [2.05, 4.69) is 10.4 Å². The average molecular weight is 527 g/mol. The van der Waals surface area contributed by atoms with Crippen LogP contribution in [-0.2, 0) is 29.9 Å². The molecule has 1 unspecified atom stereocenters. The number of hydrogen-bond acceptors (Lipinski definition) is 8. The fraction of sp³-hybridized carbons (Fsp3) is 0.520. The van der Waals surface area contributed by atoms with Crippen LogP contribution in [0, 0.1) is 11.3 Å². The van der Waals surface area contributed by atoms with Gasteiger partial charge in [-0.05, 0) is 49.8 Å². The van der Waals surface area contributed by atoms with Gasteiger partial charge in [0, 0.05) is 38.8 Å². The minimum absolute atomic E-state index is 0.0536. The van der Waals surface area contributed by atoms with Gasteiger partial charge in [0.05, 0.1) is 22.5 Å². The van der Waals surface area contributed by atoms with Gasteiger partial charge in [-0.1, -0.05) is 12.1 Å². The zero-order valence-electron chi connectivity index (χ0n) is 20.6. The first kappa shape index (κ1) is 25.4. The van der Waals surface area contributed by atoms with Gasteiger partial charge in [-0.2, -0.15) is 10.4 Å². The van der Waals surface area contributed by atoms with Crippen molar-refractivity contribution in [3.63, 3.8) is 0 Å². The van der Waals surface area contributed by atoms with Gasteiger partial charge in [-0.25, -0.2) is 8.42 Å². The van der Waals surface area contributed by atoms with Gasteiger partial charge in [0.25, 0.3) is 11.8 Å². The number of carbonyl (C=O) groups excluding carboxylic acids is 2. The van der Waals surface area contributed by atoms with Crippen LogP contribution in [0.4, 0.5) is 0 Å². The number of sulfone groups is 1. The van der Waals surface area contributed by atoms with E-state index in [0.29, 0.717) is 43.2 Å². The summed E-state index contributed by atoms with van der Waals surface area (Å²) in [6.45, 7) is 0.453. The zero-order valence-corrected chi connectivity index (χ0v) is 21.4. The highest BCUT2D eigenvalue weighted by Gasteiger charge is 2.70. The van der Waals surface area contributed by atoms with Crippen molar-refractivity contribution < 1.29 is 23.1 Å². The van der Waals surface area contributed by atoms with Crippen LogP contribution < -0.4 is 11.1 Å². The topological polar surface area (TPSA) is 171 Å². The molecule has 11 nitrogen and oxygen atoms in total. The van der Waals surface area contributed by atoms with Crippen LogP contribution in [0.1, 0.15) is 63.4 Å². The molecule has 1 aromatic heterocycles. The quantitative estimate of drug-likeness (QED) is 0.410. The molecule has 37 heavy (non-hydrogen) atoms. The van der Waals surface area contributed by atoms with Crippen LogP contribution in [0.25, 0.3) is 0 Å². The molecule has 196 valence electrons. The minimum atomic E-state index is -3.71. The van der Waals surface area contributed by atoms with Gasteiger partial charge < -0.3 is 21.1 Å². The minimum Gasteiger partial charge on any atom is -0.390 e. The molecule has 0 saturated heterocycles. The molecule has 0 bridgehead atoms. The summed E-state index contributed by atoms with van der Waals surface area (Å²) in [5.74, 6) is -0.761. The van der Waals surface area contributed by atoms with Crippen LogP contribution in [0.15, 0.2) is 24.3 Å². The number of carbonyl (C=O) groups is 2. The third-order valence-corrected chi connectivity index (χ3v) is 11.4. The lowest BCUT2D eigenvalue weighted by Crippen LogP contribution is -2.52. The predicted molar refractivity (Wildman–Crippen MR) is 133 cm³/mol. The lowest BCUT2D eigenvalue weighted by Gasteiger charge is -2.33. The van der Waals surface area contributed by atoms with Crippen LogP contribution in [-0.4, -0.2) is 75.3 Å². The number of aliphatic hydroxyl groups is 1. The van der Waals surface area contributed by atoms with E-state index >= 15 is 0 Å². The molecule has 1 aliphatic heterocycles. The Kier molecular flexibility index (Phi) is 6.13. The summed E-state index contributed by atoms with van der Waals surface area (Å²) in [7, 11) is -2.12. The summed E-state index contributed by atoms with van der Waals surface area (Å²) in [6.07, 6.45) is 0.924. The van der Waals surface area contributed by atoms with Crippen LogP contribution in [0.5, 0.6) is 0 Å². The standard InChI is InChI=1S/C25H30N6O5S/c1-30-21-18(20(29-30)22(33)28-14-17-4-2-16(12-26)3-5-17)6-11-31(23(21)34)15-24(7-8-24)37(35,36)25(9-10-25)19(32)13-27/h2-5,19,32H,6-11,13-15,27H2,1H3,(H,28,33). The van der Waals surface area contributed by atoms with Crippen LogP contribution in [0.3, 0.4) is 0 Å². The summed E-state index contributed by atoms with van der Waals surface area (Å²) in [5.41, 5.74) is 7.95. The van der Waals surface area contributed by atoms with Crippen molar-refractivity contribution >= 4 is 21.7 Å². The number of hydrogen-bond donors (Lipinski definition) is 3. The molecule has 2 heterocycles. The highest BCUT2D eigenvalue weighted by Crippen LogP contribution is 2.58. The molecule has 2 saturated carbocycles. The molecule has 4 N–H and O–H groups in total. The Hall–Kier alpha value is -3.27. The van der Waals surface area contributed by atoms with Crippen molar-refractivity contribution in [2.45, 2.75) is 54.2 Å². The molecular weight excluding hydrogens is 496 g/mol. The summed E-state index contributed by atoms with van der Waals surface area (Å²) >= 11 is 0. The van der Waals surface area contributed by atoms with Gasteiger partial charge in [0.2, 0.25) is 0 Å². The first-order valence-corrected chi connectivity index (χ1v) is 13.8. The summed E-state index contributed by atoms with van der Waals surface area (Å²) < 4.78 is 26.3. The van der Waals surface area contributed by atoms with Gasteiger partial charge in [-0.3, -0.25) is 14.3 Å². The molecular formula is C25H30N6O5S. The van der Waals surface area contributed by atoms with Gasteiger partial charge in [-0.15, -0.1) is 0 Å². The molecule has 1 aromatic carbocycles. The van der Waals surface area contributed by atoms with Gasteiger partial charge >= 0.3 is 0 Å². The van der Waals surface area contributed by atoms with Crippen molar-refractivity contribution in [1.82, 2.24) is 20.0 Å². The second-order valence-corrected chi connectivity index (χ2v) is 13.0. The maximum Gasteiger partial charge on any atom is 0.272 e. The van der Waals surface area contributed by atoms with Gasteiger partial charge in [0.15, 0.2) is 15.5 Å². The first-order chi connectivity index (χ1) is 17.6. The third kappa shape index (κ3) is 4.02. The number of aryl methyl sites for hydroxylation is 1. The maximum absolute atomic E-state index is 13.6. The normalized spacial score (nSPS) is 20.1. The van der Waals surface area contributed by atoms with E-state index < -0.39 is 31.3 Å². The fourth-order valence-corrected chi connectivity index (χ4v) is 8.34. The highest BCUT2D eigenvalue weighted by molar-refractivity contribution is 7.94. The monoisotopic (exact) mass is 526 g/mol. The van der Waals surface area contributed by atoms with E-state index in [1.54, 1.807) is 31.3 Å². The Morgan fingerprint density at radius 3 is 2.51 bits per heavy atom. The van der Waals surface area contributed by atoms with Crippen molar-refractivity contribution in [1.29, 1.82) is 5.26 Å². The fourth-order valence-electron chi connectivity index (χ4n) is 5.42. The first-order valence-electron chi connectivity index (χ1n) is 12.3.